The largest absolute Gasteiger partial charge is 0.370 e. The van der Waals surface area contributed by atoms with Crippen molar-refractivity contribution in [3.63, 3.8) is 0 Å². The SMILES string of the molecule is CCCC(CCN)CCc1nc(C(OCC)C(C)C)no1. The van der Waals surface area contributed by atoms with Gasteiger partial charge in [0.15, 0.2) is 0 Å². The molecule has 2 N–H and O–H groups in total. The van der Waals surface area contributed by atoms with E-state index < -0.39 is 0 Å². The van der Waals surface area contributed by atoms with E-state index in [1.165, 1.54) is 12.8 Å². The van der Waals surface area contributed by atoms with E-state index in [1.54, 1.807) is 0 Å². The van der Waals surface area contributed by atoms with Crippen molar-refractivity contribution in [2.45, 2.75) is 65.9 Å². The van der Waals surface area contributed by atoms with Crippen LogP contribution in [-0.2, 0) is 11.2 Å². The summed E-state index contributed by atoms with van der Waals surface area (Å²) in [4.78, 5) is 4.51. The molecular formula is C16H31N3O2. The lowest BCUT2D eigenvalue weighted by atomic mass is 9.94. The summed E-state index contributed by atoms with van der Waals surface area (Å²) in [6, 6.07) is 0. The summed E-state index contributed by atoms with van der Waals surface area (Å²) < 4.78 is 11.1. The van der Waals surface area contributed by atoms with Crippen molar-refractivity contribution in [3.05, 3.63) is 11.7 Å². The van der Waals surface area contributed by atoms with Crippen LogP contribution in [0.15, 0.2) is 4.52 Å². The fraction of sp³-hybridized carbons (Fsp3) is 0.875. The molecule has 1 heterocycles. The summed E-state index contributed by atoms with van der Waals surface area (Å²) in [7, 11) is 0. The molecule has 2 atom stereocenters. The van der Waals surface area contributed by atoms with Gasteiger partial charge in [-0.3, -0.25) is 0 Å². The maximum Gasteiger partial charge on any atom is 0.226 e. The first-order valence-corrected chi connectivity index (χ1v) is 8.26. The molecule has 1 aromatic rings. The average Bonchev–Trinajstić information content (AvgIpc) is 2.91. The highest BCUT2D eigenvalue weighted by Crippen LogP contribution is 2.24. The van der Waals surface area contributed by atoms with Gasteiger partial charge in [0, 0.05) is 13.0 Å². The van der Waals surface area contributed by atoms with E-state index in [0.717, 1.165) is 25.8 Å². The summed E-state index contributed by atoms with van der Waals surface area (Å²) in [6.07, 6.45) is 5.29. The average molecular weight is 297 g/mol. The molecule has 0 aromatic carbocycles. The standard InChI is InChI=1S/C16H31N3O2/c1-5-7-13(10-11-17)8-9-14-18-16(19-21-14)15(12(3)4)20-6-2/h12-13,15H,5-11,17H2,1-4H3. The monoisotopic (exact) mass is 297 g/mol. The molecule has 0 radical (unpaired) electrons. The Hall–Kier alpha value is -0.940. The summed E-state index contributed by atoms with van der Waals surface area (Å²) in [6.45, 7) is 9.81. The predicted molar refractivity (Wildman–Crippen MR) is 83.9 cm³/mol. The number of rotatable bonds is 11. The van der Waals surface area contributed by atoms with Crippen molar-refractivity contribution in [2.24, 2.45) is 17.6 Å². The smallest absolute Gasteiger partial charge is 0.226 e. The van der Waals surface area contributed by atoms with Gasteiger partial charge in [0.1, 0.15) is 6.10 Å². The Kier molecular flexibility index (Phi) is 8.54. The van der Waals surface area contributed by atoms with Gasteiger partial charge in [-0.2, -0.15) is 4.98 Å². The molecule has 0 saturated carbocycles. The Morgan fingerprint density at radius 1 is 1.19 bits per heavy atom. The Balaban J connectivity index is 2.57. The molecular weight excluding hydrogens is 266 g/mol. The van der Waals surface area contributed by atoms with E-state index in [2.05, 4.69) is 30.9 Å². The lowest BCUT2D eigenvalue weighted by Gasteiger charge is -2.16. The van der Waals surface area contributed by atoms with Gasteiger partial charge in [0.05, 0.1) is 0 Å². The number of aromatic nitrogens is 2. The Bertz CT molecular complexity index is 373. The first kappa shape index (κ1) is 18.1. The molecule has 0 aliphatic carbocycles. The second kappa shape index (κ2) is 9.90. The third kappa shape index (κ3) is 6.14. The highest BCUT2D eigenvalue weighted by molar-refractivity contribution is 4.93. The summed E-state index contributed by atoms with van der Waals surface area (Å²) in [5, 5.41) is 4.09. The van der Waals surface area contributed by atoms with Gasteiger partial charge in [-0.1, -0.05) is 38.8 Å². The minimum atomic E-state index is -0.0806. The van der Waals surface area contributed by atoms with E-state index >= 15 is 0 Å². The first-order valence-electron chi connectivity index (χ1n) is 8.26. The molecule has 0 amide bonds. The lowest BCUT2D eigenvalue weighted by molar-refractivity contribution is 0.0217. The van der Waals surface area contributed by atoms with Crippen LogP contribution in [0.4, 0.5) is 0 Å². The van der Waals surface area contributed by atoms with Crippen LogP contribution in [0, 0.1) is 11.8 Å². The van der Waals surface area contributed by atoms with Crippen molar-refractivity contribution >= 4 is 0 Å². The normalized spacial score (nSPS) is 14.6. The maximum atomic E-state index is 5.70. The van der Waals surface area contributed by atoms with Crippen LogP contribution in [0.1, 0.15) is 71.2 Å². The molecule has 0 spiro atoms. The third-order valence-corrected chi connectivity index (χ3v) is 3.73. The Morgan fingerprint density at radius 2 is 1.95 bits per heavy atom. The van der Waals surface area contributed by atoms with Crippen LogP contribution in [0.5, 0.6) is 0 Å². The van der Waals surface area contributed by atoms with Crippen LogP contribution in [-0.4, -0.2) is 23.3 Å². The summed E-state index contributed by atoms with van der Waals surface area (Å²) in [5.41, 5.74) is 5.67. The van der Waals surface area contributed by atoms with E-state index in [-0.39, 0.29) is 6.10 Å². The minimum Gasteiger partial charge on any atom is -0.370 e. The number of nitrogens with two attached hydrogens (primary N) is 1. The number of hydrogen-bond donors (Lipinski definition) is 1. The van der Waals surface area contributed by atoms with Crippen LogP contribution < -0.4 is 5.73 Å². The molecule has 0 aliphatic rings. The van der Waals surface area contributed by atoms with Gasteiger partial charge in [-0.15, -0.1) is 0 Å². The number of nitrogens with zero attached hydrogens (tertiary/aromatic N) is 2. The molecule has 0 saturated heterocycles. The van der Waals surface area contributed by atoms with Gasteiger partial charge >= 0.3 is 0 Å². The van der Waals surface area contributed by atoms with Crippen molar-refractivity contribution in [1.82, 2.24) is 10.1 Å². The molecule has 1 aromatic heterocycles. The fourth-order valence-electron chi connectivity index (χ4n) is 2.63. The van der Waals surface area contributed by atoms with E-state index in [9.17, 15) is 0 Å². The second-order valence-corrected chi connectivity index (χ2v) is 5.94. The van der Waals surface area contributed by atoms with Crippen LogP contribution in [0.3, 0.4) is 0 Å². The van der Waals surface area contributed by atoms with Gasteiger partial charge in [0.25, 0.3) is 0 Å². The van der Waals surface area contributed by atoms with E-state index in [4.69, 9.17) is 15.0 Å². The fourth-order valence-corrected chi connectivity index (χ4v) is 2.63. The molecule has 0 fully saturated rings. The zero-order chi connectivity index (χ0) is 15.7. The van der Waals surface area contributed by atoms with Crippen LogP contribution in [0.25, 0.3) is 0 Å². The minimum absolute atomic E-state index is 0.0806. The van der Waals surface area contributed by atoms with Crippen LogP contribution >= 0.6 is 0 Å². The molecule has 5 heteroatoms. The number of aryl methyl sites for hydroxylation is 1. The Morgan fingerprint density at radius 3 is 2.52 bits per heavy atom. The number of ether oxygens (including phenoxy) is 1. The topological polar surface area (TPSA) is 74.2 Å². The molecule has 5 nitrogen and oxygen atoms in total. The van der Waals surface area contributed by atoms with E-state index in [1.807, 2.05) is 6.92 Å². The van der Waals surface area contributed by atoms with Crippen LogP contribution in [0.2, 0.25) is 0 Å². The van der Waals surface area contributed by atoms with Crippen molar-refractivity contribution < 1.29 is 9.26 Å². The highest BCUT2D eigenvalue weighted by Gasteiger charge is 2.22. The molecule has 122 valence electrons. The molecule has 2 unspecified atom stereocenters. The van der Waals surface area contributed by atoms with Gasteiger partial charge in [0.2, 0.25) is 11.7 Å². The maximum absolute atomic E-state index is 5.70. The zero-order valence-corrected chi connectivity index (χ0v) is 14.0. The van der Waals surface area contributed by atoms with Gasteiger partial charge < -0.3 is 15.0 Å². The van der Waals surface area contributed by atoms with Crippen molar-refractivity contribution in [3.8, 4) is 0 Å². The third-order valence-electron chi connectivity index (χ3n) is 3.73. The molecule has 0 bridgehead atoms. The van der Waals surface area contributed by atoms with Gasteiger partial charge in [-0.05, 0) is 38.1 Å². The van der Waals surface area contributed by atoms with E-state index in [0.29, 0.717) is 30.2 Å². The number of hydrogen-bond acceptors (Lipinski definition) is 5. The second-order valence-electron chi connectivity index (χ2n) is 5.94. The van der Waals surface area contributed by atoms with Crippen molar-refractivity contribution in [2.75, 3.05) is 13.2 Å². The first-order chi connectivity index (χ1) is 10.1. The highest BCUT2D eigenvalue weighted by atomic mass is 16.5. The molecule has 0 aliphatic heterocycles. The quantitative estimate of drug-likeness (QED) is 0.676. The molecule has 21 heavy (non-hydrogen) atoms. The molecule has 1 rings (SSSR count). The zero-order valence-electron chi connectivity index (χ0n) is 14.0. The predicted octanol–water partition coefficient (Wildman–Crippen LogP) is 3.50. The van der Waals surface area contributed by atoms with Gasteiger partial charge in [-0.25, -0.2) is 0 Å². The lowest BCUT2D eigenvalue weighted by Crippen LogP contribution is -2.13. The Labute approximate surface area is 128 Å². The van der Waals surface area contributed by atoms with Crippen molar-refractivity contribution in [1.29, 1.82) is 0 Å². The summed E-state index contributed by atoms with van der Waals surface area (Å²) >= 11 is 0. The summed E-state index contributed by atoms with van der Waals surface area (Å²) in [5.74, 6) is 2.38.